The van der Waals surface area contributed by atoms with Gasteiger partial charge in [-0.3, -0.25) is 4.90 Å². The molecule has 2 unspecified atom stereocenters. The fourth-order valence-electron chi connectivity index (χ4n) is 9.96. The van der Waals surface area contributed by atoms with E-state index in [0.717, 1.165) is 19.4 Å². The standard InChI is InChI=1S/C22H35NO5.ClH/c1-4-23-10-20(25)6-5-16(24)22-12-7-11-14(27-2)9-21(26,17(12)18(11)28-3)13(19(22)23)8-15(20)22;/h11-19,24-26H,4-10H2,1-3H3;1H/t11-,12-,13?,14+,15-,16+,17-,18+,19-,20-,21+,22?;/m1./s1. The third-order valence-electron chi connectivity index (χ3n) is 10.5. The number of β-amino-alcohol motifs (C(OH)–C–C–N with tert-alkyl or cyclic N) is 1. The van der Waals surface area contributed by atoms with Gasteiger partial charge in [0.1, 0.15) is 0 Å². The summed E-state index contributed by atoms with van der Waals surface area (Å²) in [4.78, 5) is 2.40. The van der Waals surface area contributed by atoms with Crippen LogP contribution in [0.1, 0.15) is 39.0 Å². The molecule has 3 N–H and O–H groups in total. The minimum atomic E-state index is -0.843. The lowest BCUT2D eigenvalue weighted by molar-refractivity contribution is -0.281. The molecule has 1 heterocycles. The molecule has 6 aliphatic rings. The lowest BCUT2D eigenvalue weighted by Crippen LogP contribution is -2.77. The molecule has 7 heteroatoms. The fraction of sp³-hybridized carbons (Fsp3) is 1.00. The minimum absolute atomic E-state index is 0. The molecule has 6 nitrogen and oxygen atoms in total. The Morgan fingerprint density at radius 2 is 1.86 bits per heavy atom. The maximum absolute atomic E-state index is 12.3. The molecule has 0 aromatic rings. The average Bonchev–Trinajstić information content (AvgIpc) is 3.16. The molecule has 5 aliphatic carbocycles. The van der Waals surface area contributed by atoms with Crippen molar-refractivity contribution < 1.29 is 24.8 Å². The van der Waals surface area contributed by atoms with Crippen LogP contribution in [0.2, 0.25) is 0 Å². The van der Waals surface area contributed by atoms with Gasteiger partial charge in [-0.2, -0.15) is 0 Å². The Bertz CT molecular complexity index is 696. The van der Waals surface area contributed by atoms with E-state index in [4.69, 9.17) is 9.47 Å². The summed E-state index contributed by atoms with van der Waals surface area (Å²) < 4.78 is 11.9. The van der Waals surface area contributed by atoms with Gasteiger partial charge < -0.3 is 24.8 Å². The molecule has 0 amide bonds. The first kappa shape index (κ1) is 20.9. The van der Waals surface area contributed by atoms with Crippen LogP contribution in [-0.4, -0.2) is 83.1 Å². The number of likely N-dealkylation sites (N-methyl/N-ethyl adjacent to an activating group) is 1. The number of rotatable bonds is 3. The fourth-order valence-corrected chi connectivity index (χ4v) is 9.96. The second-order valence-corrected chi connectivity index (χ2v) is 10.8. The summed E-state index contributed by atoms with van der Waals surface area (Å²) in [5, 5.41) is 35.6. The lowest BCUT2D eigenvalue weighted by atomic mass is 9.45. The van der Waals surface area contributed by atoms with Crippen LogP contribution in [0.4, 0.5) is 0 Å². The Kier molecular flexibility index (Phi) is 4.55. The largest absolute Gasteiger partial charge is 0.392 e. The van der Waals surface area contributed by atoms with Gasteiger partial charge in [-0.15, -0.1) is 12.4 Å². The van der Waals surface area contributed by atoms with Crippen LogP contribution in [0.5, 0.6) is 0 Å². The smallest absolute Gasteiger partial charge is 0.0810 e. The van der Waals surface area contributed by atoms with Crippen LogP contribution in [-0.2, 0) is 9.47 Å². The van der Waals surface area contributed by atoms with E-state index in [1.54, 1.807) is 14.2 Å². The molecule has 12 atom stereocenters. The van der Waals surface area contributed by atoms with Crippen molar-refractivity contribution in [1.82, 2.24) is 4.90 Å². The number of methoxy groups -OCH3 is 2. The highest BCUT2D eigenvalue weighted by molar-refractivity contribution is 5.85. The molecule has 6 rings (SSSR count). The zero-order valence-corrected chi connectivity index (χ0v) is 18.5. The lowest BCUT2D eigenvalue weighted by Gasteiger charge is -2.68. The van der Waals surface area contributed by atoms with E-state index >= 15 is 0 Å². The molecule has 0 radical (unpaired) electrons. The van der Waals surface area contributed by atoms with Crippen LogP contribution in [0, 0.1) is 35.0 Å². The summed E-state index contributed by atoms with van der Waals surface area (Å²) in [7, 11) is 3.52. The molecule has 29 heavy (non-hydrogen) atoms. The first-order chi connectivity index (χ1) is 13.4. The zero-order valence-electron chi connectivity index (χ0n) is 17.7. The van der Waals surface area contributed by atoms with E-state index in [-0.39, 0.29) is 65.7 Å². The Labute approximate surface area is 179 Å². The summed E-state index contributed by atoms with van der Waals surface area (Å²) in [5.74, 6) is 0.622. The molecule has 1 aliphatic heterocycles. The number of nitrogens with zero attached hydrogens (tertiary/aromatic N) is 1. The maximum Gasteiger partial charge on any atom is 0.0810 e. The highest BCUT2D eigenvalue weighted by Gasteiger charge is 2.83. The highest BCUT2D eigenvalue weighted by atomic mass is 35.5. The Morgan fingerprint density at radius 1 is 1.10 bits per heavy atom. The third kappa shape index (κ3) is 2.06. The van der Waals surface area contributed by atoms with Crippen molar-refractivity contribution in [3.63, 3.8) is 0 Å². The van der Waals surface area contributed by atoms with Crippen molar-refractivity contribution in [2.24, 2.45) is 35.0 Å². The van der Waals surface area contributed by atoms with Crippen molar-refractivity contribution in [3.05, 3.63) is 0 Å². The molecule has 7 bridgehead atoms. The van der Waals surface area contributed by atoms with E-state index in [9.17, 15) is 15.3 Å². The SMILES string of the molecule is CCN1C[C@]2(O)CC[C@H](O)C34[C@@H]5C[C@H]6[C@H](OC)[C@@H]5[C@](O)(C[C@@H]6OC)C(C[C@@H]32)[C@@H]14.Cl. The number of ether oxygens (including phenoxy) is 2. The van der Waals surface area contributed by atoms with Crippen molar-refractivity contribution >= 4 is 12.4 Å². The molecule has 166 valence electrons. The van der Waals surface area contributed by atoms with E-state index in [0.29, 0.717) is 25.8 Å². The predicted octanol–water partition coefficient (Wildman–Crippen LogP) is 1.05. The number of fused-ring (bicyclic) bond motifs is 2. The number of hydrogen-bond acceptors (Lipinski definition) is 6. The molecule has 5 saturated carbocycles. The first-order valence-electron chi connectivity index (χ1n) is 11.3. The quantitative estimate of drug-likeness (QED) is 0.622. The van der Waals surface area contributed by atoms with Crippen LogP contribution in [0.15, 0.2) is 0 Å². The predicted molar refractivity (Wildman–Crippen MR) is 109 cm³/mol. The van der Waals surface area contributed by atoms with Crippen LogP contribution in [0.3, 0.4) is 0 Å². The number of likely N-dealkylation sites (tertiary alicyclic amines) is 1. The minimum Gasteiger partial charge on any atom is -0.392 e. The van der Waals surface area contributed by atoms with Gasteiger partial charge in [0.15, 0.2) is 0 Å². The monoisotopic (exact) mass is 429 g/mol. The Morgan fingerprint density at radius 3 is 2.52 bits per heavy atom. The highest BCUT2D eigenvalue weighted by Crippen LogP contribution is 2.77. The van der Waals surface area contributed by atoms with Gasteiger partial charge in [0.2, 0.25) is 0 Å². The van der Waals surface area contributed by atoms with Gasteiger partial charge in [-0.25, -0.2) is 0 Å². The normalized spacial score (nSPS) is 62.1. The second-order valence-electron chi connectivity index (χ2n) is 10.8. The van der Waals surface area contributed by atoms with Gasteiger partial charge in [0.05, 0.1) is 29.5 Å². The van der Waals surface area contributed by atoms with Crippen LogP contribution in [0.25, 0.3) is 0 Å². The van der Waals surface area contributed by atoms with E-state index in [2.05, 4.69) is 11.8 Å². The summed E-state index contributed by atoms with van der Waals surface area (Å²) in [5.41, 5.74) is -1.90. The van der Waals surface area contributed by atoms with Crippen molar-refractivity contribution in [2.75, 3.05) is 27.3 Å². The molecule has 0 aromatic carbocycles. The number of aliphatic hydroxyl groups is 3. The summed E-state index contributed by atoms with van der Waals surface area (Å²) in [6, 6.07) is 0.149. The van der Waals surface area contributed by atoms with Gasteiger partial charge in [0.25, 0.3) is 0 Å². The Balaban J connectivity index is 0.00000181. The third-order valence-corrected chi connectivity index (χ3v) is 10.5. The van der Waals surface area contributed by atoms with Crippen LogP contribution >= 0.6 is 12.4 Å². The number of piperidine rings is 1. The summed E-state index contributed by atoms with van der Waals surface area (Å²) in [6.45, 7) is 3.69. The van der Waals surface area contributed by atoms with Crippen molar-refractivity contribution in [3.8, 4) is 0 Å². The van der Waals surface area contributed by atoms with Gasteiger partial charge >= 0.3 is 0 Å². The average molecular weight is 430 g/mol. The Hall–Kier alpha value is 0.0500. The van der Waals surface area contributed by atoms with Gasteiger partial charge in [-0.05, 0) is 44.1 Å². The number of aliphatic hydroxyl groups excluding tert-OH is 1. The summed E-state index contributed by atoms with van der Waals surface area (Å²) >= 11 is 0. The van der Waals surface area contributed by atoms with Crippen molar-refractivity contribution in [1.29, 1.82) is 0 Å². The van der Waals surface area contributed by atoms with E-state index in [1.807, 2.05) is 0 Å². The number of halogens is 1. The second kappa shape index (κ2) is 6.31. The van der Waals surface area contributed by atoms with Gasteiger partial charge in [-0.1, -0.05) is 6.92 Å². The van der Waals surface area contributed by atoms with E-state index < -0.39 is 17.3 Å². The van der Waals surface area contributed by atoms with E-state index in [1.165, 1.54) is 0 Å². The molecule has 1 saturated heterocycles. The molecule has 6 fully saturated rings. The van der Waals surface area contributed by atoms with Crippen molar-refractivity contribution in [2.45, 2.75) is 74.6 Å². The maximum atomic E-state index is 12.3. The first-order valence-corrected chi connectivity index (χ1v) is 11.3. The molecular weight excluding hydrogens is 394 g/mol. The number of hydrogen-bond donors (Lipinski definition) is 3. The van der Waals surface area contributed by atoms with Gasteiger partial charge in [0, 0.05) is 56.4 Å². The molecule has 1 spiro atoms. The topological polar surface area (TPSA) is 82.4 Å². The molecule has 0 aromatic heterocycles. The van der Waals surface area contributed by atoms with Crippen LogP contribution < -0.4 is 0 Å². The molecular formula is C22H36ClNO5. The summed E-state index contributed by atoms with van der Waals surface area (Å²) in [6.07, 6.45) is 3.31. The zero-order chi connectivity index (χ0) is 19.6.